The third kappa shape index (κ3) is 2.82. The molecule has 1 aromatic heterocycles. The van der Waals surface area contributed by atoms with E-state index in [1.54, 1.807) is 12.3 Å². The average molecular weight is 291 g/mol. The summed E-state index contributed by atoms with van der Waals surface area (Å²) in [5, 5.41) is 11.4. The van der Waals surface area contributed by atoms with Gasteiger partial charge in [-0.1, -0.05) is 60.7 Å². The van der Waals surface area contributed by atoms with E-state index < -0.39 is 5.60 Å². The van der Waals surface area contributed by atoms with Gasteiger partial charge in [0.05, 0.1) is 0 Å². The lowest BCUT2D eigenvalue weighted by Crippen LogP contribution is -2.30. The summed E-state index contributed by atoms with van der Waals surface area (Å²) < 4.78 is 0. The Morgan fingerprint density at radius 1 is 0.864 bits per heavy atom. The van der Waals surface area contributed by atoms with Gasteiger partial charge in [0.15, 0.2) is 0 Å². The van der Waals surface area contributed by atoms with Crippen LogP contribution in [0, 0.1) is 0 Å². The lowest BCUT2D eigenvalue weighted by Gasteiger charge is -2.29. The first kappa shape index (κ1) is 14.2. The van der Waals surface area contributed by atoms with Gasteiger partial charge in [0, 0.05) is 18.3 Å². The summed E-state index contributed by atoms with van der Waals surface area (Å²) in [7, 11) is 0. The van der Waals surface area contributed by atoms with Crippen LogP contribution < -0.4 is 5.73 Å². The van der Waals surface area contributed by atoms with E-state index in [-0.39, 0.29) is 5.95 Å². The van der Waals surface area contributed by atoms with Crippen molar-refractivity contribution in [3.63, 3.8) is 0 Å². The van der Waals surface area contributed by atoms with Crippen LogP contribution in [0.25, 0.3) is 0 Å². The van der Waals surface area contributed by atoms with Crippen molar-refractivity contribution in [2.45, 2.75) is 12.0 Å². The molecule has 3 N–H and O–H groups in total. The molecule has 4 nitrogen and oxygen atoms in total. The minimum absolute atomic E-state index is 0.209. The predicted octanol–water partition coefficient (Wildman–Crippen LogP) is 2.54. The molecule has 0 saturated heterocycles. The molecular weight excluding hydrogens is 274 g/mol. The van der Waals surface area contributed by atoms with Gasteiger partial charge in [-0.2, -0.15) is 0 Å². The first-order valence-electron chi connectivity index (χ1n) is 7.09. The van der Waals surface area contributed by atoms with Crippen LogP contribution in [0.1, 0.15) is 16.8 Å². The van der Waals surface area contributed by atoms with Crippen molar-refractivity contribution in [2.24, 2.45) is 0 Å². The van der Waals surface area contributed by atoms with E-state index in [1.165, 1.54) is 0 Å². The Morgan fingerprint density at radius 3 is 1.91 bits per heavy atom. The molecule has 0 unspecified atom stereocenters. The molecule has 0 aliphatic rings. The highest BCUT2D eigenvalue weighted by atomic mass is 16.3. The smallest absolute Gasteiger partial charge is 0.220 e. The second-order valence-electron chi connectivity index (χ2n) is 5.18. The topological polar surface area (TPSA) is 72.0 Å². The highest BCUT2D eigenvalue weighted by molar-refractivity contribution is 5.37. The van der Waals surface area contributed by atoms with Gasteiger partial charge in [0.25, 0.3) is 0 Å². The number of nitrogens with zero attached hydrogens (tertiary/aromatic N) is 2. The molecule has 4 heteroatoms. The number of hydrogen-bond donors (Lipinski definition) is 2. The molecule has 0 saturated carbocycles. The number of nitrogen functional groups attached to an aromatic ring is 1. The molecule has 3 aromatic rings. The highest BCUT2D eigenvalue weighted by Gasteiger charge is 2.32. The minimum Gasteiger partial charge on any atom is -0.380 e. The van der Waals surface area contributed by atoms with E-state index in [9.17, 15) is 5.11 Å². The lowest BCUT2D eigenvalue weighted by atomic mass is 9.82. The van der Waals surface area contributed by atoms with Crippen LogP contribution in [-0.2, 0) is 12.0 Å². The molecular formula is C18H17N3O. The van der Waals surface area contributed by atoms with Crippen molar-refractivity contribution in [3.8, 4) is 0 Å². The van der Waals surface area contributed by atoms with E-state index in [2.05, 4.69) is 9.97 Å². The fourth-order valence-electron chi connectivity index (χ4n) is 2.57. The van der Waals surface area contributed by atoms with Gasteiger partial charge in [-0.25, -0.2) is 9.97 Å². The number of rotatable bonds is 4. The Morgan fingerprint density at radius 2 is 1.41 bits per heavy atom. The van der Waals surface area contributed by atoms with Gasteiger partial charge in [0.1, 0.15) is 5.60 Å². The highest BCUT2D eigenvalue weighted by Crippen LogP contribution is 2.32. The van der Waals surface area contributed by atoms with Gasteiger partial charge >= 0.3 is 0 Å². The van der Waals surface area contributed by atoms with E-state index in [1.807, 2.05) is 60.7 Å². The summed E-state index contributed by atoms with van der Waals surface area (Å²) >= 11 is 0. The molecule has 110 valence electrons. The second-order valence-corrected chi connectivity index (χ2v) is 5.18. The average Bonchev–Trinajstić information content (AvgIpc) is 2.56. The maximum atomic E-state index is 11.4. The molecule has 0 atom stereocenters. The van der Waals surface area contributed by atoms with Crippen molar-refractivity contribution < 1.29 is 5.11 Å². The van der Waals surface area contributed by atoms with Crippen LogP contribution in [-0.4, -0.2) is 15.1 Å². The Bertz CT molecular complexity index is 705. The van der Waals surface area contributed by atoms with Gasteiger partial charge in [-0.3, -0.25) is 0 Å². The molecule has 0 spiro atoms. The summed E-state index contributed by atoms with van der Waals surface area (Å²) in [5.74, 6) is 0.209. The molecule has 0 radical (unpaired) electrons. The monoisotopic (exact) mass is 291 g/mol. The summed E-state index contributed by atoms with van der Waals surface area (Å²) in [6.45, 7) is 0. The van der Waals surface area contributed by atoms with Crippen molar-refractivity contribution in [2.75, 3.05) is 5.73 Å². The molecule has 1 heterocycles. The zero-order chi connectivity index (χ0) is 15.4. The van der Waals surface area contributed by atoms with Crippen LogP contribution in [0.5, 0.6) is 0 Å². The number of aliphatic hydroxyl groups is 1. The van der Waals surface area contributed by atoms with Gasteiger partial charge in [-0.15, -0.1) is 0 Å². The Balaban J connectivity index is 2.08. The Kier molecular flexibility index (Phi) is 3.85. The first-order chi connectivity index (χ1) is 10.7. The van der Waals surface area contributed by atoms with Gasteiger partial charge in [0.2, 0.25) is 5.95 Å². The fourth-order valence-corrected chi connectivity index (χ4v) is 2.57. The summed E-state index contributed by atoms with van der Waals surface area (Å²) in [6.07, 6.45) is 1.93. The largest absolute Gasteiger partial charge is 0.380 e. The maximum absolute atomic E-state index is 11.4. The van der Waals surface area contributed by atoms with Crippen LogP contribution in [0.4, 0.5) is 5.95 Å². The quantitative estimate of drug-likeness (QED) is 0.775. The second kappa shape index (κ2) is 5.95. The van der Waals surface area contributed by atoms with Crippen molar-refractivity contribution in [1.29, 1.82) is 0 Å². The Labute approximate surface area is 129 Å². The number of hydrogen-bond acceptors (Lipinski definition) is 4. The number of anilines is 1. The SMILES string of the molecule is Nc1nccc(CC(O)(c2ccccc2)c2ccccc2)n1. The Hall–Kier alpha value is -2.72. The molecule has 2 aromatic carbocycles. The van der Waals surface area contributed by atoms with E-state index in [0.29, 0.717) is 12.1 Å². The van der Waals surface area contributed by atoms with Crippen LogP contribution in [0.2, 0.25) is 0 Å². The predicted molar refractivity (Wildman–Crippen MR) is 86.0 cm³/mol. The molecule has 0 amide bonds. The van der Waals surface area contributed by atoms with E-state index in [0.717, 1.165) is 11.1 Å². The van der Waals surface area contributed by atoms with Crippen LogP contribution in [0.15, 0.2) is 72.9 Å². The van der Waals surface area contributed by atoms with Crippen molar-refractivity contribution in [3.05, 3.63) is 89.7 Å². The van der Waals surface area contributed by atoms with E-state index >= 15 is 0 Å². The molecule has 22 heavy (non-hydrogen) atoms. The standard InChI is InChI=1S/C18H17N3O/c19-17-20-12-11-16(21-17)13-18(22,14-7-3-1-4-8-14)15-9-5-2-6-10-15/h1-12,22H,13H2,(H2,19,20,21). The lowest BCUT2D eigenvalue weighted by molar-refractivity contribution is 0.0801. The van der Waals surface area contributed by atoms with Gasteiger partial charge in [-0.05, 0) is 17.2 Å². The molecule has 0 fully saturated rings. The van der Waals surface area contributed by atoms with Crippen LogP contribution >= 0.6 is 0 Å². The molecule has 3 rings (SSSR count). The summed E-state index contributed by atoms with van der Waals surface area (Å²) in [4.78, 5) is 8.12. The normalized spacial score (nSPS) is 11.3. The zero-order valence-corrected chi connectivity index (χ0v) is 12.1. The first-order valence-corrected chi connectivity index (χ1v) is 7.09. The number of aromatic nitrogens is 2. The number of benzene rings is 2. The third-order valence-electron chi connectivity index (χ3n) is 3.67. The molecule has 0 aliphatic heterocycles. The fraction of sp³-hybridized carbons (Fsp3) is 0.111. The molecule has 0 bridgehead atoms. The zero-order valence-electron chi connectivity index (χ0n) is 12.1. The number of nitrogens with two attached hydrogens (primary N) is 1. The summed E-state index contributed by atoms with van der Waals surface area (Å²) in [5.41, 5.74) is 6.82. The van der Waals surface area contributed by atoms with E-state index in [4.69, 9.17) is 5.73 Å². The van der Waals surface area contributed by atoms with Crippen molar-refractivity contribution in [1.82, 2.24) is 9.97 Å². The van der Waals surface area contributed by atoms with Gasteiger partial charge < -0.3 is 10.8 Å². The van der Waals surface area contributed by atoms with Crippen LogP contribution in [0.3, 0.4) is 0 Å². The summed E-state index contributed by atoms with van der Waals surface area (Å²) in [6, 6.07) is 20.9. The minimum atomic E-state index is -1.16. The maximum Gasteiger partial charge on any atom is 0.220 e. The van der Waals surface area contributed by atoms with Crippen molar-refractivity contribution >= 4 is 5.95 Å². The third-order valence-corrected chi connectivity index (χ3v) is 3.67. The molecule has 0 aliphatic carbocycles.